The van der Waals surface area contributed by atoms with Gasteiger partial charge in [-0.15, -0.1) is 0 Å². The third kappa shape index (κ3) is 2.60. The maximum atomic E-state index is 11.4. The molecule has 0 aromatic carbocycles. The lowest BCUT2D eigenvalue weighted by atomic mass is 9.89. The van der Waals surface area contributed by atoms with E-state index in [1.54, 1.807) is 6.20 Å². The van der Waals surface area contributed by atoms with Crippen LogP contribution in [0, 0.1) is 5.41 Å². The number of pyridine rings is 1. The number of aromatic nitrogens is 1. The normalized spacial score (nSPS) is 24.1. The Morgan fingerprint density at radius 3 is 2.89 bits per heavy atom. The summed E-state index contributed by atoms with van der Waals surface area (Å²) < 4.78 is 0. The van der Waals surface area contributed by atoms with E-state index in [0.717, 1.165) is 25.1 Å². The Balaban J connectivity index is 1.97. The molecule has 98 valence electrons. The first kappa shape index (κ1) is 12.8. The van der Waals surface area contributed by atoms with Gasteiger partial charge in [-0.1, -0.05) is 6.07 Å². The predicted molar refractivity (Wildman–Crippen MR) is 69.2 cm³/mol. The number of amides is 1. The first-order chi connectivity index (χ1) is 8.53. The summed E-state index contributed by atoms with van der Waals surface area (Å²) in [6.45, 7) is 4.30. The van der Waals surface area contributed by atoms with Crippen molar-refractivity contribution in [2.75, 3.05) is 18.5 Å². The maximum absolute atomic E-state index is 11.4. The van der Waals surface area contributed by atoms with Crippen molar-refractivity contribution < 1.29 is 4.79 Å². The largest absolute Gasteiger partial charge is 0.369 e. The number of nitrogens with zero attached hydrogens (tertiary/aromatic N) is 2. The number of primary amides is 1. The molecule has 1 amide bonds. The van der Waals surface area contributed by atoms with Gasteiger partial charge in [0.1, 0.15) is 5.82 Å². The monoisotopic (exact) mass is 249 g/mol. The number of nitrogens with two attached hydrogens (primary N) is 2. The zero-order valence-corrected chi connectivity index (χ0v) is 10.5. The minimum atomic E-state index is -0.397. The molecule has 1 unspecified atom stereocenters. The molecule has 1 aromatic heterocycles. The lowest BCUT2D eigenvalue weighted by molar-refractivity contribution is -0.126. The van der Waals surface area contributed by atoms with Crippen molar-refractivity contribution in [3.63, 3.8) is 0 Å². The minimum absolute atomic E-state index is 0.217. The van der Waals surface area contributed by atoms with Gasteiger partial charge in [0.25, 0.3) is 0 Å². The molecule has 0 saturated carbocycles. The Bertz CT molecular complexity index is 433. The van der Waals surface area contributed by atoms with E-state index in [1.165, 1.54) is 0 Å². The molecule has 1 aromatic rings. The summed E-state index contributed by atoms with van der Waals surface area (Å²) >= 11 is 0. The van der Waals surface area contributed by atoms with Crippen LogP contribution in [-0.4, -0.2) is 28.9 Å². The van der Waals surface area contributed by atoms with Gasteiger partial charge in [-0.2, -0.15) is 0 Å². The number of hydrogen-bond donors (Lipinski definition) is 3. The van der Waals surface area contributed by atoms with E-state index in [1.807, 2.05) is 19.1 Å². The average Bonchev–Trinajstić information content (AvgIpc) is 2.73. The summed E-state index contributed by atoms with van der Waals surface area (Å²) in [5.41, 5.74) is 8.62. The van der Waals surface area contributed by atoms with Crippen LogP contribution in [0.2, 0.25) is 0 Å². The summed E-state index contributed by atoms with van der Waals surface area (Å²) in [5.74, 6) is 5.68. The number of rotatable bonds is 4. The SMILES string of the molecule is CC1(C(N)=O)CCN(Cc2ccc(NN)nc2)C1. The van der Waals surface area contributed by atoms with E-state index in [4.69, 9.17) is 11.6 Å². The molecule has 2 rings (SSSR count). The van der Waals surface area contributed by atoms with Gasteiger partial charge in [-0.25, -0.2) is 10.8 Å². The van der Waals surface area contributed by atoms with Gasteiger partial charge in [-0.3, -0.25) is 9.69 Å². The lowest BCUT2D eigenvalue weighted by Gasteiger charge is -2.20. The van der Waals surface area contributed by atoms with Crippen LogP contribution in [0.25, 0.3) is 0 Å². The maximum Gasteiger partial charge on any atom is 0.224 e. The van der Waals surface area contributed by atoms with Gasteiger partial charge in [0.05, 0.1) is 5.41 Å². The van der Waals surface area contributed by atoms with E-state index >= 15 is 0 Å². The van der Waals surface area contributed by atoms with Crippen molar-refractivity contribution in [1.82, 2.24) is 9.88 Å². The highest BCUT2D eigenvalue weighted by Gasteiger charge is 2.38. The fourth-order valence-corrected chi connectivity index (χ4v) is 2.25. The van der Waals surface area contributed by atoms with E-state index < -0.39 is 5.41 Å². The number of carbonyl (C=O) groups is 1. The molecule has 0 bridgehead atoms. The van der Waals surface area contributed by atoms with Gasteiger partial charge >= 0.3 is 0 Å². The van der Waals surface area contributed by atoms with Gasteiger partial charge in [0, 0.05) is 19.3 Å². The number of hydrogen-bond acceptors (Lipinski definition) is 5. The molecule has 1 atom stereocenters. The van der Waals surface area contributed by atoms with Crippen LogP contribution in [0.1, 0.15) is 18.9 Å². The number of likely N-dealkylation sites (tertiary alicyclic amines) is 1. The Labute approximate surface area is 106 Å². The third-order valence-corrected chi connectivity index (χ3v) is 3.53. The smallest absolute Gasteiger partial charge is 0.224 e. The van der Waals surface area contributed by atoms with Crippen LogP contribution < -0.4 is 17.0 Å². The summed E-state index contributed by atoms with van der Waals surface area (Å²) in [4.78, 5) is 17.7. The molecule has 2 heterocycles. The first-order valence-electron chi connectivity index (χ1n) is 5.97. The number of nitrogen functional groups attached to an aromatic ring is 1. The molecule has 1 aliphatic heterocycles. The summed E-state index contributed by atoms with van der Waals surface area (Å²) in [6.07, 6.45) is 2.60. The van der Waals surface area contributed by atoms with E-state index in [-0.39, 0.29) is 5.91 Å². The van der Waals surface area contributed by atoms with Crippen molar-refractivity contribution in [1.29, 1.82) is 0 Å². The zero-order chi connectivity index (χ0) is 13.2. The van der Waals surface area contributed by atoms with Gasteiger partial charge in [0.2, 0.25) is 5.91 Å². The molecule has 6 heteroatoms. The molecule has 0 radical (unpaired) electrons. The Morgan fingerprint density at radius 2 is 2.39 bits per heavy atom. The van der Waals surface area contributed by atoms with Gasteiger partial charge in [-0.05, 0) is 31.5 Å². The highest BCUT2D eigenvalue weighted by molar-refractivity contribution is 5.81. The Hall–Kier alpha value is -1.66. The Morgan fingerprint density at radius 1 is 1.61 bits per heavy atom. The quantitative estimate of drug-likeness (QED) is 0.518. The first-order valence-corrected chi connectivity index (χ1v) is 5.97. The summed E-state index contributed by atoms with van der Waals surface area (Å²) in [5, 5.41) is 0. The highest BCUT2D eigenvalue weighted by Crippen LogP contribution is 2.30. The standard InChI is InChI=1S/C12H19N5O/c1-12(11(13)18)4-5-17(8-12)7-9-2-3-10(16-14)15-6-9/h2-3,6H,4-5,7-8,14H2,1H3,(H2,13,18)(H,15,16). The zero-order valence-electron chi connectivity index (χ0n) is 10.5. The molecule has 1 fully saturated rings. The second kappa shape index (κ2) is 4.91. The van der Waals surface area contributed by atoms with E-state index in [9.17, 15) is 4.79 Å². The molecule has 6 nitrogen and oxygen atoms in total. The minimum Gasteiger partial charge on any atom is -0.369 e. The van der Waals surface area contributed by atoms with Gasteiger partial charge < -0.3 is 11.2 Å². The molecular formula is C12H19N5O. The fraction of sp³-hybridized carbons (Fsp3) is 0.500. The number of carbonyl (C=O) groups excluding carboxylic acids is 1. The van der Waals surface area contributed by atoms with Crippen molar-refractivity contribution in [3.8, 4) is 0 Å². The number of nitrogens with one attached hydrogen (secondary N) is 1. The summed E-state index contributed by atoms with van der Waals surface area (Å²) in [6, 6.07) is 3.81. The van der Waals surface area contributed by atoms with Crippen LogP contribution in [0.5, 0.6) is 0 Å². The van der Waals surface area contributed by atoms with Gasteiger partial charge in [0.15, 0.2) is 0 Å². The van der Waals surface area contributed by atoms with Crippen LogP contribution in [-0.2, 0) is 11.3 Å². The predicted octanol–water partition coefficient (Wildman–Crippen LogP) is 0.0645. The molecule has 1 aliphatic rings. The van der Waals surface area contributed by atoms with Crippen LogP contribution in [0.4, 0.5) is 5.82 Å². The van der Waals surface area contributed by atoms with Crippen LogP contribution in [0.3, 0.4) is 0 Å². The lowest BCUT2D eigenvalue weighted by Crippen LogP contribution is -2.36. The van der Waals surface area contributed by atoms with Crippen molar-refractivity contribution in [2.24, 2.45) is 17.0 Å². The second-order valence-corrected chi connectivity index (χ2v) is 5.08. The van der Waals surface area contributed by atoms with Crippen molar-refractivity contribution in [2.45, 2.75) is 19.9 Å². The topological polar surface area (TPSA) is 97.3 Å². The molecule has 1 saturated heterocycles. The van der Waals surface area contributed by atoms with Crippen molar-refractivity contribution in [3.05, 3.63) is 23.9 Å². The molecule has 0 aliphatic carbocycles. The molecule has 18 heavy (non-hydrogen) atoms. The summed E-state index contributed by atoms with van der Waals surface area (Å²) in [7, 11) is 0. The van der Waals surface area contributed by atoms with E-state index in [2.05, 4.69) is 15.3 Å². The number of hydrazine groups is 1. The van der Waals surface area contributed by atoms with Crippen LogP contribution >= 0.6 is 0 Å². The highest BCUT2D eigenvalue weighted by atomic mass is 16.1. The van der Waals surface area contributed by atoms with Crippen LogP contribution in [0.15, 0.2) is 18.3 Å². The second-order valence-electron chi connectivity index (χ2n) is 5.08. The molecule has 0 spiro atoms. The molecular weight excluding hydrogens is 230 g/mol. The molecule has 5 N–H and O–H groups in total. The fourth-order valence-electron chi connectivity index (χ4n) is 2.25. The third-order valence-electron chi connectivity index (χ3n) is 3.53. The van der Waals surface area contributed by atoms with E-state index in [0.29, 0.717) is 12.4 Å². The number of anilines is 1. The Kier molecular flexibility index (Phi) is 3.49. The average molecular weight is 249 g/mol. The van der Waals surface area contributed by atoms with Crippen molar-refractivity contribution >= 4 is 11.7 Å².